The molecule has 0 aromatic heterocycles. The molecule has 0 bridgehead atoms. The zero-order chi connectivity index (χ0) is 12.5. The van der Waals surface area contributed by atoms with Crippen molar-refractivity contribution in [3.05, 3.63) is 35.9 Å². The third-order valence-corrected chi connectivity index (χ3v) is 1.80. The van der Waals surface area contributed by atoms with Gasteiger partial charge in [-0.3, -0.25) is 0 Å². The van der Waals surface area contributed by atoms with Gasteiger partial charge in [-0.15, -0.1) is 0 Å². The van der Waals surface area contributed by atoms with Gasteiger partial charge in [0.1, 0.15) is 6.07 Å². The molecule has 1 aromatic rings. The van der Waals surface area contributed by atoms with E-state index in [4.69, 9.17) is 10.1 Å². The number of rotatable bonds is 5. The van der Waals surface area contributed by atoms with Crippen molar-refractivity contribution in [2.24, 2.45) is 5.16 Å². The Morgan fingerprint density at radius 1 is 1.41 bits per heavy atom. The Kier molecular flexibility index (Phi) is 5.25. The number of ether oxygens (including phenoxy) is 1. The predicted octanol–water partition coefficient (Wildman–Crippen LogP) is 1.49. The van der Waals surface area contributed by atoms with Crippen molar-refractivity contribution >= 4 is 11.7 Å². The van der Waals surface area contributed by atoms with Gasteiger partial charge in [0, 0.05) is 5.56 Å². The van der Waals surface area contributed by atoms with Crippen LogP contribution in [0, 0.1) is 11.3 Å². The van der Waals surface area contributed by atoms with Crippen molar-refractivity contribution < 1.29 is 14.4 Å². The Bertz CT molecular complexity index is 435. The fourth-order valence-corrected chi connectivity index (χ4v) is 1.09. The zero-order valence-corrected chi connectivity index (χ0v) is 9.42. The minimum Gasteiger partial charge on any atom is -0.463 e. The number of esters is 1. The summed E-state index contributed by atoms with van der Waals surface area (Å²) in [5.41, 5.74) is 0.758. The van der Waals surface area contributed by atoms with Crippen LogP contribution in [0.5, 0.6) is 0 Å². The fourth-order valence-electron chi connectivity index (χ4n) is 1.09. The van der Waals surface area contributed by atoms with Crippen LogP contribution in [0.4, 0.5) is 0 Å². The molecule has 5 nitrogen and oxygen atoms in total. The van der Waals surface area contributed by atoms with Gasteiger partial charge in [-0.05, 0) is 6.92 Å². The number of benzene rings is 1. The lowest BCUT2D eigenvalue weighted by atomic mass is 10.1. The maximum absolute atomic E-state index is 10.9. The second-order valence-electron chi connectivity index (χ2n) is 3.00. The van der Waals surface area contributed by atoms with Crippen molar-refractivity contribution in [1.29, 1.82) is 5.26 Å². The summed E-state index contributed by atoms with van der Waals surface area (Å²) in [6.07, 6.45) is 0. The van der Waals surface area contributed by atoms with Gasteiger partial charge in [-0.2, -0.15) is 5.26 Å². The van der Waals surface area contributed by atoms with E-state index >= 15 is 0 Å². The summed E-state index contributed by atoms with van der Waals surface area (Å²) < 4.78 is 4.65. The molecule has 0 amide bonds. The van der Waals surface area contributed by atoms with Gasteiger partial charge < -0.3 is 9.57 Å². The standard InChI is InChI=1S/C12H12N2O3/c1-2-16-12(15)9-17-14-11(8-13)10-6-4-3-5-7-10/h3-7H,2,9H2,1H3/b14-11+. The van der Waals surface area contributed by atoms with E-state index in [2.05, 4.69) is 9.89 Å². The molecule has 0 spiro atoms. The van der Waals surface area contributed by atoms with E-state index < -0.39 is 5.97 Å². The van der Waals surface area contributed by atoms with Gasteiger partial charge in [0.05, 0.1) is 6.61 Å². The van der Waals surface area contributed by atoms with Crippen molar-refractivity contribution in [2.45, 2.75) is 6.92 Å². The molecule has 0 atom stereocenters. The smallest absolute Gasteiger partial charge is 0.347 e. The molecular formula is C12H12N2O3. The average molecular weight is 232 g/mol. The summed E-state index contributed by atoms with van der Waals surface area (Å²) in [6, 6.07) is 10.8. The Morgan fingerprint density at radius 3 is 2.71 bits per heavy atom. The molecular weight excluding hydrogens is 220 g/mol. The maximum atomic E-state index is 10.9. The first-order valence-electron chi connectivity index (χ1n) is 5.09. The van der Waals surface area contributed by atoms with Crippen LogP contribution in [0.2, 0.25) is 0 Å². The van der Waals surface area contributed by atoms with Gasteiger partial charge >= 0.3 is 5.97 Å². The Balaban J connectivity index is 2.58. The number of hydrogen-bond acceptors (Lipinski definition) is 5. The van der Waals surface area contributed by atoms with Gasteiger partial charge in [0.15, 0.2) is 5.71 Å². The van der Waals surface area contributed by atoms with E-state index in [-0.39, 0.29) is 18.9 Å². The monoisotopic (exact) mass is 232 g/mol. The van der Waals surface area contributed by atoms with Crippen LogP contribution in [0.3, 0.4) is 0 Å². The first-order valence-corrected chi connectivity index (χ1v) is 5.09. The van der Waals surface area contributed by atoms with Crippen LogP contribution in [0.15, 0.2) is 35.5 Å². The lowest BCUT2D eigenvalue weighted by Crippen LogP contribution is -2.11. The Morgan fingerprint density at radius 2 is 2.12 bits per heavy atom. The number of oxime groups is 1. The Hall–Kier alpha value is -2.35. The largest absolute Gasteiger partial charge is 0.463 e. The van der Waals surface area contributed by atoms with Crippen LogP contribution in [0.1, 0.15) is 12.5 Å². The first-order chi connectivity index (χ1) is 8.27. The molecule has 0 aliphatic carbocycles. The lowest BCUT2D eigenvalue weighted by Gasteiger charge is -2.01. The van der Waals surface area contributed by atoms with Gasteiger partial charge in [0.25, 0.3) is 0 Å². The van der Waals surface area contributed by atoms with Crippen LogP contribution < -0.4 is 0 Å². The van der Waals surface area contributed by atoms with Gasteiger partial charge in [-0.1, -0.05) is 35.5 Å². The summed E-state index contributed by atoms with van der Waals surface area (Å²) >= 11 is 0. The molecule has 5 heteroatoms. The highest BCUT2D eigenvalue weighted by Gasteiger charge is 2.04. The first kappa shape index (κ1) is 12.7. The quantitative estimate of drug-likeness (QED) is 0.438. The molecule has 0 saturated heterocycles. The summed E-state index contributed by atoms with van der Waals surface area (Å²) in [6.45, 7) is 1.69. The van der Waals surface area contributed by atoms with Gasteiger partial charge in [0.2, 0.25) is 6.61 Å². The summed E-state index contributed by atoms with van der Waals surface area (Å²) in [7, 11) is 0. The van der Waals surface area contributed by atoms with E-state index in [0.717, 1.165) is 0 Å². The van der Waals surface area contributed by atoms with E-state index in [1.807, 2.05) is 12.1 Å². The maximum Gasteiger partial charge on any atom is 0.347 e. The minimum atomic E-state index is -0.512. The number of hydrogen-bond donors (Lipinski definition) is 0. The highest BCUT2D eigenvalue weighted by atomic mass is 16.7. The lowest BCUT2D eigenvalue weighted by molar-refractivity contribution is -0.148. The summed E-state index contributed by atoms with van der Waals surface area (Å²) in [5, 5.41) is 12.5. The third kappa shape index (κ3) is 4.34. The molecule has 0 aliphatic heterocycles. The molecule has 0 heterocycles. The van der Waals surface area contributed by atoms with Crippen LogP contribution in [-0.2, 0) is 14.4 Å². The minimum absolute atomic E-state index is 0.120. The molecule has 0 N–H and O–H groups in total. The molecule has 0 fully saturated rings. The number of carbonyl (C=O) groups is 1. The van der Waals surface area contributed by atoms with E-state index in [9.17, 15) is 4.79 Å². The van der Waals surface area contributed by atoms with E-state index in [0.29, 0.717) is 5.56 Å². The molecule has 0 saturated carbocycles. The van der Waals surface area contributed by atoms with Crippen molar-refractivity contribution in [3.8, 4) is 6.07 Å². The molecule has 1 aromatic carbocycles. The van der Waals surface area contributed by atoms with E-state index in [1.165, 1.54) is 0 Å². The Labute approximate surface area is 99.3 Å². The van der Waals surface area contributed by atoms with Crippen LogP contribution in [-0.4, -0.2) is 24.9 Å². The highest BCUT2D eigenvalue weighted by molar-refractivity contribution is 6.11. The second-order valence-corrected chi connectivity index (χ2v) is 3.00. The topological polar surface area (TPSA) is 71.7 Å². The van der Waals surface area contributed by atoms with Crippen molar-refractivity contribution in [2.75, 3.05) is 13.2 Å². The number of nitriles is 1. The molecule has 0 unspecified atom stereocenters. The van der Waals surface area contributed by atoms with Crippen LogP contribution in [0.25, 0.3) is 0 Å². The van der Waals surface area contributed by atoms with Gasteiger partial charge in [-0.25, -0.2) is 4.79 Å². The molecule has 0 aliphatic rings. The highest BCUT2D eigenvalue weighted by Crippen LogP contribution is 2.01. The number of nitrogens with zero attached hydrogens (tertiary/aromatic N) is 2. The average Bonchev–Trinajstić information content (AvgIpc) is 2.36. The van der Waals surface area contributed by atoms with Crippen LogP contribution >= 0.6 is 0 Å². The van der Waals surface area contributed by atoms with Crippen molar-refractivity contribution in [3.63, 3.8) is 0 Å². The van der Waals surface area contributed by atoms with Crippen molar-refractivity contribution in [1.82, 2.24) is 0 Å². The SMILES string of the molecule is CCOC(=O)CO/N=C(\C#N)c1ccccc1. The predicted molar refractivity (Wildman–Crippen MR) is 61.2 cm³/mol. The zero-order valence-electron chi connectivity index (χ0n) is 9.42. The third-order valence-electron chi connectivity index (χ3n) is 1.80. The molecule has 1 rings (SSSR count). The molecule has 88 valence electrons. The molecule has 17 heavy (non-hydrogen) atoms. The second kappa shape index (κ2) is 7.01. The fraction of sp³-hybridized carbons (Fsp3) is 0.250. The molecule has 0 radical (unpaired) electrons. The van der Waals surface area contributed by atoms with E-state index in [1.54, 1.807) is 31.2 Å². The summed E-state index contributed by atoms with van der Waals surface area (Å²) in [4.78, 5) is 15.7. The summed E-state index contributed by atoms with van der Waals surface area (Å²) in [5.74, 6) is -0.512. The normalized spacial score (nSPS) is 10.5. The number of carbonyl (C=O) groups excluding carboxylic acids is 1.